The van der Waals surface area contributed by atoms with Gasteiger partial charge in [-0.05, 0) is 0 Å². The number of carbonyl (C=O) groups excluding carboxylic acids is 1. The Morgan fingerprint density at radius 2 is 2.33 bits per heavy atom. The van der Waals surface area contributed by atoms with Crippen molar-refractivity contribution in [2.75, 3.05) is 6.26 Å². The standard InChI is InChI=1S/C6H7NO3S2/c1-12(9,10)4-6-7-2-5(3-8)11-6/h2-3H,4H2,1H3. The lowest BCUT2D eigenvalue weighted by atomic mass is 10.6. The van der Waals surface area contributed by atoms with Crippen molar-refractivity contribution in [1.29, 1.82) is 0 Å². The van der Waals surface area contributed by atoms with Crippen molar-refractivity contribution in [2.24, 2.45) is 0 Å². The van der Waals surface area contributed by atoms with Gasteiger partial charge in [-0.25, -0.2) is 13.4 Å². The summed E-state index contributed by atoms with van der Waals surface area (Å²) in [5.74, 6) is -0.0918. The highest BCUT2D eigenvalue weighted by Gasteiger charge is 2.08. The number of aromatic nitrogens is 1. The normalized spacial score (nSPS) is 11.4. The predicted octanol–water partition coefficient (Wildman–Crippen LogP) is 0.500. The summed E-state index contributed by atoms with van der Waals surface area (Å²) in [4.78, 5) is 14.4. The molecule has 1 aromatic rings. The van der Waals surface area contributed by atoms with Crippen LogP contribution in [0.3, 0.4) is 0 Å². The molecule has 0 bridgehead atoms. The second-order valence-corrected chi connectivity index (χ2v) is 5.63. The Morgan fingerprint density at radius 3 is 2.75 bits per heavy atom. The van der Waals surface area contributed by atoms with Crippen LogP contribution < -0.4 is 0 Å². The lowest BCUT2D eigenvalue weighted by Gasteiger charge is -1.90. The van der Waals surface area contributed by atoms with Crippen LogP contribution >= 0.6 is 11.3 Å². The van der Waals surface area contributed by atoms with E-state index in [1.54, 1.807) is 0 Å². The van der Waals surface area contributed by atoms with Crippen molar-refractivity contribution >= 4 is 27.5 Å². The molecule has 0 saturated heterocycles. The third-order valence-corrected chi connectivity index (χ3v) is 2.98. The molecule has 0 aromatic carbocycles. The summed E-state index contributed by atoms with van der Waals surface area (Å²) in [6.45, 7) is 0. The molecule has 12 heavy (non-hydrogen) atoms. The molecule has 0 unspecified atom stereocenters. The number of hydrogen-bond donors (Lipinski definition) is 0. The van der Waals surface area contributed by atoms with E-state index in [4.69, 9.17) is 0 Å². The van der Waals surface area contributed by atoms with Crippen LogP contribution in [0.5, 0.6) is 0 Å². The quantitative estimate of drug-likeness (QED) is 0.674. The first-order valence-corrected chi connectivity index (χ1v) is 5.96. The van der Waals surface area contributed by atoms with Crippen LogP contribution in [-0.4, -0.2) is 25.9 Å². The Labute approximate surface area is 74.2 Å². The maximum atomic E-state index is 10.8. The molecule has 1 heterocycles. The fraction of sp³-hybridized carbons (Fsp3) is 0.333. The number of sulfone groups is 1. The molecule has 0 atom stereocenters. The van der Waals surface area contributed by atoms with Crippen LogP contribution in [0.2, 0.25) is 0 Å². The van der Waals surface area contributed by atoms with Crippen molar-refractivity contribution < 1.29 is 13.2 Å². The van der Waals surface area contributed by atoms with E-state index in [9.17, 15) is 13.2 Å². The highest BCUT2D eigenvalue weighted by molar-refractivity contribution is 7.90. The molecular weight excluding hydrogens is 198 g/mol. The third-order valence-electron chi connectivity index (χ3n) is 1.07. The van der Waals surface area contributed by atoms with Gasteiger partial charge < -0.3 is 0 Å². The lowest BCUT2D eigenvalue weighted by Crippen LogP contribution is -1.99. The van der Waals surface area contributed by atoms with Crippen LogP contribution in [0, 0.1) is 0 Å². The summed E-state index contributed by atoms with van der Waals surface area (Å²) in [5, 5.41) is 0.458. The van der Waals surface area contributed by atoms with Gasteiger partial charge in [-0.15, -0.1) is 11.3 Å². The van der Waals surface area contributed by atoms with Crippen molar-refractivity contribution in [3.05, 3.63) is 16.1 Å². The fourth-order valence-corrected chi connectivity index (χ4v) is 2.60. The zero-order chi connectivity index (χ0) is 9.19. The average molecular weight is 205 g/mol. The molecule has 0 aliphatic heterocycles. The number of thiazole rings is 1. The molecule has 0 spiro atoms. The minimum atomic E-state index is -3.04. The van der Waals surface area contributed by atoms with Gasteiger partial charge in [0.1, 0.15) is 10.8 Å². The van der Waals surface area contributed by atoms with E-state index >= 15 is 0 Å². The number of nitrogens with zero attached hydrogens (tertiary/aromatic N) is 1. The summed E-state index contributed by atoms with van der Waals surface area (Å²) in [7, 11) is -3.04. The fourth-order valence-electron chi connectivity index (χ4n) is 0.670. The van der Waals surface area contributed by atoms with Crippen molar-refractivity contribution in [1.82, 2.24) is 4.98 Å². The van der Waals surface area contributed by atoms with Crippen molar-refractivity contribution in [2.45, 2.75) is 5.75 Å². The van der Waals surface area contributed by atoms with Crippen LogP contribution in [0.15, 0.2) is 6.20 Å². The second-order valence-electron chi connectivity index (χ2n) is 2.34. The molecule has 0 radical (unpaired) electrons. The summed E-state index contributed by atoms with van der Waals surface area (Å²) >= 11 is 1.10. The minimum absolute atomic E-state index is 0.0918. The Morgan fingerprint density at radius 1 is 1.67 bits per heavy atom. The van der Waals surface area contributed by atoms with Crippen molar-refractivity contribution in [3.63, 3.8) is 0 Å². The number of hydrogen-bond acceptors (Lipinski definition) is 5. The van der Waals surface area contributed by atoms with E-state index in [-0.39, 0.29) is 5.75 Å². The Bertz CT molecular complexity index is 379. The highest BCUT2D eigenvalue weighted by Crippen LogP contribution is 2.12. The molecule has 0 N–H and O–H groups in total. The monoisotopic (exact) mass is 205 g/mol. The highest BCUT2D eigenvalue weighted by atomic mass is 32.2. The lowest BCUT2D eigenvalue weighted by molar-refractivity contribution is 0.112. The first-order valence-electron chi connectivity index (χ1n) is 3.09. The van der Waals surface area contributed by atoms with Crippen LogP contribution in [-0.2, 0) is 15.6 Å². The van der Waals surface area contributed by atoms with E-state index in [2.05, 4.69) is 4.98 Å². The van der Waals surface area contributed by atoms with Gasteiger partial charge in [0.15, 0.2) is 16.1 Å². The van der Waals surface area contributed by atoms with Gasteiger partial charge in [-0.3, -0.25) is 4.79 Å². The van der Waals surface area contributed by atoms with Crippen LogP contribution in [0.25, 0.3) is 0 Å². The topological polar surface area (TPSA) is 64.1 Å². The van der Waals surface area contributed by atoms with Gasteiger partial charge in [0.05, 0.1) is 4.88 Å². The molecule has 1 rings (SSSR count). The van der Waals surface area contributed by atoms with Gasteiger partial charge in [0.2, 0.25) is 0 Å². The molecule has 0 saturated carbocycles. The Hall–Kier alpha value is -0.750. The van der Waals surface area contributed by atoms with Crippen LogP contribution in [0.4, 0.5) is 0 Å². The number of rotatable bonds is 3. The van der Waals surface area contributed by atoms with E-state index in [0.717, 1.165) is 17.6 Å². The summed E-state index contributed by atoms with van der Waals surface area (Å²) in [5.41, 5.74) is 0. The maximum Gasteiger partial charge on any atom is 0.161 e. The Kier molecular flexibility index (Phi) is 2.58. The van der Waals surface area contributed by atoms with Gasteiger partial charge in [-0.2, -0.15) is 0 Å². The van der Waals surface area contributed by atoms with E-state index < -0.39 is 9.84 Å². The molecule has 0 fully saturated rings. The summed E-state index contributed by atoms with van der Waals surface area (Å²) < 4.78 is 21.6. The second kappa shape index (κ2) is 3.32. The molecular formula is C6H7NO3S2. The smallest absolute Gasteiger partial charge is 0.161 e. The average Bonchev–Trinajstić information content (AvgIpc) is 2.32. The van der Waals surface area contributed by atoms with Crippen LogP contribution in [0.1, 0.15) is 14.7 Å². The van der Waals surface area contributed by atoms with E-state index in [1.165, 1.54) is 6.20 Å². The zero-order valence-corrected chi connectivity index (χ0v) is 7.98. The zero-order valence-electron chi connectivity index (χ0n) is 6.35. The molecule has 0 aliphatic rings. The molecule has 0 aliphatic carbocycles. The summed E-state index contributed by atoms with van der Waals surface area (Å²) in [6, 6.07) is 0. The molecule has 0 amide bonds. The summed E-state index contributed by atoms with van der Waals surface area (Å²) in [6.07, 6.45) is 3.16. The first-order chi connectivity index (χ1) is 5.51. The number of carbonyl (C=O) groups is 1. The first kappa shape index (κ1) is 9.34. The van der Waals surface area contributed by atoms with Gasteiger partial charge in [-0.1, -0.05) is 0 Å². The Balaban J connectivity index is 2.84. The van der Waals surface area contributed by atoms with E-state index in [1.807, 2.05) is 0 Å². The number of aldehydes is 1. The minimum Gasteiger partial charge on any atom is -0.297 e. The SMILES string of the molecule is CS(=O)(=O)Cc1ncc(C=O)s1. The molecule has 4 nitrogen and oxygen atoms in total. The van der Waals surface area contributed by atoms with Crippen molar-refractivity contribution in [3.8, 4) is 0 Å². The molecule has 6 heteroatoms. The van der Waals surface area contributed by atoms with E-state index in [0.29, 0.717) is 16.2 Å². The molecule has 1 aromatic heterocycles. The molecule has 66 valence electrons. The third kappa shape index (κ3) is 2.71. The predicted molar refractivity (Wildman–Crippen MR) is 46.0 cm³/mol. The largest absolute Gasteiger partial charge is 0.297 e. The van der Waals surface area contributed by atoms with Gasteiger partial charge in [0, 0.05) is 12.5 Å². The van der Waals surface area contributed by atoms with Gasteiger partial charge in [0.25, 0.3) is 0 Å². The maximum absolute atomic E-state index is 10.8. The van der Waals surface area contributed by atoms with Gasteiger partial charge >= 0.3 is 0 Å².